The second-order valence-electron chi connectivity index (χ2n) is 7.30. The number of fused-ring (bicyclic) bond motifs is 1. The Balaban J connectivity index is 1.84. The predicted molar refractivity (Wildman–Crippen MR) is 109 cm³/mol. The summed E-state index contributed by atoms with van der Waals surface area (Å²) in [5.74, 6) is -0.340. The van der Waals surface area contributed by atoms with Crippen LogP contribution < -0.4 is 0 Å². The molecule has 6 heteroatoms. The van der Waals surface area contributed by atoms with E-state index in [1.165, 1.54) is 5.56 Å². The van der Waals surface area contributed by atoms with Crippen LogP contribution in [0.25, 0.3) is 0 Å². The fourth-order valence-electron chi connectivity index (χ4n) is 3.32. The molecule has 0 spiro atoms. The molecule has 0 N–H and O–H groups in total. The van der Waals surface area contributed by atoms with Crippen LogP contribution in [-0.4, -0.2) is 25.4 Å². The summed E-state index contributed by atoms with van der Waals surface area (Å²) in [5.41, 5.74) is 5.23. The highest BCUT2D eigenvalue weighted by molar-refractivity contribution is 6.03. The SMILES string of the molecule is CCOC(=O)c1ccc(N=Nc2ccc3c(c2)C(=NOC)CCC3(C)C)cc1. The first-order valence-electron chi connectivity index (χ1n) is 9.38. The van der Waals surface area contributed by atoms with E-state index >= 15 is 0 Å². The molecule has 0 fully saturated rings. The molecule has 0 aliphatic heterocycles. The van der Waals surface area contributed by atoms with Crippen LogP contribution in [0.4, 0.5) is 11.4 Å². The Morgan fingerprint density at radius 2 is 1.75 bits per heavy atom. The minimum absolute atomic E-state index is 0.0840. The molecule has 1 aliphatic carbocycles. The van der Waals surface area contributed by atoms with Crippen LogP contribution in [0.15, 0.2) is 57.8 Å². The number of nitrogens with zero attached hydrogens (tertiary/aromatic N) is 3. The van der Waals surface area contributed by atoms with Crippen molar-refractivity contribution in [3.8, 4) is 0 Å². The minimum atomic E-state index is -0.340. The maximum Gasteiger partial charge on any atom is 0.338 e. The quantitative estimate of drug-likeness (QED) is 0.380. The number of ether oxygens (including phenoxy) is 1. The first-order chi connectivity index (χ1) is 13.4. The van der Waals surface area contributed by atoms with Gasteiger partial charge in [0.25, 0.3) is 0 Å². The summed E-state index contributed by atoms with van der Waals surface area (Å²) in [6.07, 6.45) is 1.89. The van der Waals surface area contributed by atoms with Gasteiger partial charge in [-0.3, -0.25) is 0 Å². The van der Waals surface area contributed by atoms with Gasteiger partial charge in [-0.2, -0.15) is 10.2 Å². The van der Waals surface area contributed by atoms with Crippen molar-refractivity contribution in [3.05, 3.63) is 59.2 Å². The smallest absolute Gasteiger partial charge is 0.338 e. The monoisotopic (exact) mass is 379 g/mol. The molecular formula is C22H25N3O3. The van der Waals surface area contributed by atoms with Gasteiger partial charge in [0, 0.05) is 5.56 Å². The third kappa shape index (κ3) is 4.27. The largest absolute Gasteiger partial charge is 0.462 e. The second-order valence-corrected chi connectivity index (χ2v) is 7.30. The topological polar surface area (TPSA) is 72.6 Å². The second kappa shape index (κ2) is 8.33. The van der Waals surface area contributed by atoms with Gasteiger partial charge in [-0.25, -0.2) is 4.79 Å². The summed E-state index contributed by atoms with van der Waals surface area (Å²) in [7, 11) is 1.57. The molecule has 2 aromatic rings. The van der Waals surface area contributed by atoms with Crippen LogP contribution >= 0.6 is 0 Å². The Morgan fingerprint density at radius 1 is 1.07 bits per heavy atom. The van der Waals surface area contributed by atoms with Gasteiger partial charge in [-0.15, -0.1) is 0 Å². The number of esters is 1. The van der Waals surface area contributed by atoms with Crippen LogP contribution in [0.3, 0.4) is 0 Å². The van der Waals surface area contributed by atoms with Crippen molar-refractivity contribution >= 4 is 23.1 Å². The molecule has 3 rings (SSSR count). The van der Waals surface area contributed by atoms with Crippen molar-refractivity contribution in [2.75, 3.05) is 13.7 Å². The molecule has 0 bridgehead atoms. The highest BCUT2D eigenvalue weighted by Crippen LogP contribution is 2.38. The van der Waals surface area contributed by atoms with E-state index in [9.17, 15) is 4.79 Å². The average Bonchev–Trinajstić information content (AvgIpc) is 2.69. The molecule has 0 aromatic heterocycles. The molecule has 2 aromatic carbocycles. The van der Waals surface area contributed by atoms with Crippen molar-refractivity contribution in [3.63, 3.8) is 0 Å². The Hall–Kier alpha value is -3.02. The van der Waals surface area contributed by atoms with E-state index in [1.807, 2.05) is 12.1 Å². The number of hydrogen-bond acceptors (Lipinski definition) is 6. The highest BCUT2D eigenvalue weighted by atomic mass is 16.6. The molecule has 0 saturated carbocycles. The molecule has 0 atom stereocenters. The van der Waals surface area contributed by atoms with Gasteiger partial charge in [-0.1, -0.05) is 25.1 Å². The molecule has 0 unspecified atom stereocenters. The van der Waals surface area contributed by atoms with Crippen LogP contribution in [0, 0.1) is 0 Å². The van der Waals surface area contributed by atoms with Crippen molar-refractivity contribution in [1.82, 2.24) is 0 Å². The van der Waals surface area contributed by atoms with E-state index in [0.717, 1.165) is 29.8 Å². The number of benzene rings is 2. The highest BCUT2D eigenvalue weighted by Gasteiger charge is 2.31. The van der Waals surface area contributed by atoms with Crippen LogP contribution in [0.2, 0.25) is 0 Å². The zero-order valence-electron chi connectivity index (χ0n) is 16.7. The predicted octanol–water partition coefficient (Wildman–Crippen LogP) is 5.70. The number of rotatable bonds is 5. The molecule has 1 aliphatic rings. The molecule has 0 heterocycles. The van der Waals surface area contributed by atoms with Crippen molar-refractivity contribution < 1.29 is 14.4 Å². The van der Waals surface area contributed by atoms with Crippen molar-refractivity contribution in [2.45, 2.75) is 39.0 Å². The summed E-state index contributed by atoms with van der Waals surface area (Å²) < 4.78 is 4.98. The Kier molecular flexibility index (Phi) is 5.87. The molecule has 28 heavy (non-hydrogen) atoms. The van der Waals surface area contributed by atoms with E-state index in [-0.39, 0.29) is 11.4 Å². The van der Waals surface area contributed by atoms with Gasteiger partial charge >= 0.3 is 5.97 Å². The number of carbonyl (C=O) groups is 1. The van der Waals surface area contributed by atoms with E-state index in [4.69, 9.17) is 9.57 Å². The summed E-state index contributed by atoms with van der Waals surface area (Å²) in [6, 6.07) is 12.9. The van der Waals surface area contributed by atoms with E-state index in [2.05, 4.69) is 35.3 Å². The van der Waals surface area contributed by atoms with Gasteiger partial charge in [-0.05, 0) is 67.1 Å². The number of carbonyl (C=O) groups excluding carboxylic acids is 1. The van der Waals surface area contributed by atoms with E-state index in [0.29, 0.717) is 17.9 Å². The molecule has 0 saturated heterocycles. The third-order valence-electron chi connectivity index (χ3n) is 4.89. The van der Waals surface area contributed by atoms with Gasteiger partial charge < -0.3 is 9.57 Å². The number of azo groups is 1. The van der Waals surface area contributed by atoms with Gasteiger partial charge in [0.15, 0.2) is 0 Å². The molecule has 146 valence electrons. The number of oxime groups is 1. The summed E-state index contributed by atoms with van der Waals surface area (Å²) in [5, 5.41) is 12.8. The van der Waals surface area contributed by atoms with E-state index in [1.54, 1.807) is 38.3 Å². The zero-order valence-corrected chi connectivity index (χ0v) is 16.7. The van der Waals surface area contributed by atoms with Crippen LogP contribution in [-0.2, 0) is 15.0 Å². The summed E-state index contributed by atoms with van der Waals surface area (Å²) >= 11 is 0. The number of hydrogen-bond donors (Lipinski definition) is 0. The average molecular weight is 379 g/mol. The van der Waals surface area contributed by atoms with Gasteiger partial charge in [0.05, 0.1) is 29.3 Å². The minimum Gasteiger partial charge on any atom is -0.462 e. The summed E-state index contributed by atoms with van der Waals surface area (Å²) in [6.45, 7) is 6.61. The Morgan fingerprint density at radius 3 is 2.43 bits per heavy atom. The normalized spacial score (nSPS) is 16.8. The third-order valence-corrected chi connectivity index (χ3v) is 4.89. The lowest BCUT2D eigenvalue weighted by atomic mass is 9.72. The molecule has 6 nitrogen and oxygen atoms in total. The van der Waals surface area contributed by atoms with Gasteiger partial charge in [0.2, 0.25) is 0 Å². The fraction of sp³-hybridized carbons (Fsp3) is 0.364. The lowest BCUT2D eigenvalue weighted by Gasteiger charge is -2.32. The maximum absolute atomic E-state index is 11.7. The first kappa shape index (κ1) is 19.7. The lowest BCUT2D eigenvalue weighted by Crippen LogP contribution is -2.27. The van der Waals surface area contributed by atoms with Crippen molar-refractivity contribution in [2.24, 2.45) is 15.4 Å². The zero-order chi connectivity index (χ0) is 20.1. The fourth-order valence-corrected chi connectivity index (χ4v) is 3.32. The van der Waals surface area contributed by atoms with Crippen molar-refractivity contribution in [1.29, 1.82) is 0 Å². The maximum atomic E-state index is 11.7. The van der Waals surface area contributed by atoms with Crippen LogP contribution in [0.5, 0.6) is 0 Å². The Labute approximate surface area is 165 Å². The van der Waals surface area contributed by atoms with E-state index < -0.39 is 0 Å². The van der Waals surface area contributed by atoms with Crippen LogP contribution in [0.1, 0.15) is 55.1 Å². The molecular weight excluding hydrogens is 354 g/mol. The lowest BCUT2D eigenvalue weighted by molar-refractivity contribution is 0.0526. The molecule has 0 amide bonds. The van der Waals surface area contributed by atoms with Gasteiger partial charge in [0.1, 0.15) is 7.11 Å². The standard InChI is InChI=1S/C22H25N3O3/c1-5-28-21(26)15-6-8-16(9-7-15)23-24-17-10-11-19-18(14-17)20(25-27-4)12-13-22(19,2)3/h6-11,14H,5,12-13H2,1-4H3. The molecule has 0 radical (unpaired) electrons. The summed E-state index contributed by atoms with van der Waals surface area (Å²) in [4.78, 5) is 16.7. The first-order valence-corrected chi connectivity index (χ1v) is 9.38. The Bertz CT molecular complexity index is 915.